The highest BCUT2D eigenvalue weighted by Gasteiger charge is 2.34. The molecule has 1 aliphatic rings. The van der Waals surface area contributed by atoms with Gasteiger partial charge in [0.05, 0.1) is 11.1 Å². The molecule has 130 valence electrons. The third kappa shape index (κ3) is 3.41. The average Bonchev–Trinajstić information content (AvgIpc) is 2.86. The van der Waals surface area contributed by atoms with Gasteiger partial charge in [-0.3, -0.25) is 14.5 Å². The van der Waals surface area contributed by atoms with Crippen molar-refractivity contribution >= 4 is 34.9 Å². The molecule has 0 saturated carbocycles. The zero-order chi connectivity index (χ0) is 17.8. The van der Waals surface area contributed by atoms with E-state index in [1.807, 2.05) is 0 Å². The van der Waals surface area contributed by atoms with Crippen molar-refractivity contribution in [3.8, 4) is 0 Å². The molecule has 1 aliphatic heterocycles. The number of nitrogens with zero attached hydrogens (tertiary/aromatic N) is 3. The maximum atomic E-state index is 12.3. The molecule has 2 heterocycles. The number of benzene rings is 1. The number of hydrogen-bond donors (Lipinski definition) is 2. The first kappa shape index (κ1) is 17.2. The van der Waals surface area contributed by atoms with E-state index in [0.29, 0.717) is 47.3 Å². The molecule has 0 spiro atoms. The third-order valence-corrected chi connectivity index (χ3v) is 4.32. The van der Waals surface area contributed by atoms with Gasteiger partial charge in [-0.1, -0.05) is 23.7 Å². The van der Waals surface area contributed by atoms with Crippen molar-refractivity contribution in [2.45, 2.75) is 12.8 Å². The van der Waals surface area contributed by atoms with Gasteiger partial charge in [0, 0.05) is 20.1 Å². The molecule has 0 bridgehead atoms. The van der Waals surface area contributed by atoms with Crippen molar-refractivity contribution < 1.29 is 9.59 Å². The number of carbonyl (C=O) groups excluding carboxylic acids is 2. The van der Waals surface area contributed by atoms with Crippen LogP contribution >= 0.6 is 11.6 Å². The second-order valence-electron chi connectivity index (χ2n) is 5.58. The van der Waals surface area contributed by atoms with Gasteiger partial charge in [-0.2, -0.15) is 0 Å². The number of fused-ring (bicyclic) bond motifs is 1. The number of hydrogen-bond acceptors (Lipinski definition) is 6. The zero-order valence-electron chi connectivity index (χ0n) is 13.8. The molecule has 0 radical (unpaired) electrons. The topological polar surface area (TPSA) is 87.2 Å². The van der Waals surface area contributed by atoms with E-state index in [2.05, 4.69) is 20.6 Å². The highest BCUT2D eigenvalue weighted by Crippen LogP contribution is 2.25. The van der Waals surface area contributed by atoms with E-state index in [1.165, 1.54) is 11.2 Å². The first-order valence-corrected chi connectivity index (χ1v) is 8.38. The molecule has 7 nitrogen and oxygen atoms in total. The number of anilines is 2. The van der Waals surface area contributed by atoms with E-state index in [0.717, 1.165) is 6.42 Å². The zero-order valence-corrected chi connectivity index (χ0v) is 14.5. The molecule has 0 atom stereocenters. The highest BCUT2D eigenvalue weighted by atomic mass is 35.5. The van der Waals surface area contributed by atoms with E-state index < -0.39 is 0 Å². The molecule has 0 saturated heterocycles. The summed E-state index contributed by atoms with van der Waals surface area (Å²) in [6.07, 6.45) is 2.87. The third-order valence-electron chi connectivity index (χ3n) is 4.03. The Hall–Kier alpha value is -2.67. The number of carbonyl (C=O) groups is 2. The minimum Gasteiger partial charge on any atom is -0.383 e. The van der Waals surface area contributed by atoms with Crippen LogP contribution in [0.5, 0.6) is 0 Å². The van der Waals surface area contributed by atoms with Crippen molar-refractivity contribution in [2.24, 2.45) is 0 Å². The van der Waals surface area contributed by atoms with Crippen LogP contribution in [-0.2, 0) is 0 Å². The number of imide groups is 1. The molecule has 8 heteroatoms. The van der Waals surface area contributed by atoms with Crippen LogP contribution in [0.25, 0.3) is 0 Å². The fourth-order valence-electron chi connectivity index (χ4n) is 2.76. The largest absolute Gasteiger partial charge is 0.383 e. The maximum Gasteiger partial charge on any atom is 0.261 e. The summed E-state index contributed by atoms with van der Waals surface area (Å²) in [6.45, 7) is 1.04. The van der Waals surface area contributed by atoms with Crippen LogP contribution in [0.1, 0.15) is 33.6 Å². The number of aromatic nitrogens is 2. The van der Waals surface area contributed by atoms with Crippen molar-refractivity contribution in [2.75, 3.05) is 30.8 Å². The number of unbranched alkanes of at least 4 members (excludes halogenated alkanes) is 1. The first-order chi connectivity index (χ1) is 12.1. The molecule has 2 amide bonds. The van der Waals surface area contributed by atoms with Gasteiger partial charge in [0.2, 0.25) is 0 Å². The second kappa shape index (κ2) is 7.48. The number of rotatable bonds is 7. The number of nitrogens with one attached hydrogen (secondary N) is 2. The summed E-state index contributed by atoms with van der Waals surface area (Å²) < 4.78 is 0. The molecular formula is C17H18ClN5O2. The minimum absolute atomic E-state index is 0.214. The van der Waals surface area contributed by atoms with Gasteiger partial charge >= 0.3 is 0 Å². The van der Waals surface area contributed by atoms with Crippen LogP contribution in [0.3, 0.4) is 0 Å². The minimum atomic E-state index is -0.214. The van der Waals surface area contributed by atoms with Crippen molar-refractivity contribution in [1.82, 2.24) is 14.9 Å². The number of halogens is 1. The number of amides is 2. The molecule has 0 aliphatic carbocycles. The van der Waals surface area contributed by atoms with Crippen LogP contribution in [0.2, 0.25) is 5.15 Å². The quantitative estimate of drug-likeness (QED) is 0.449. The van der Waals surface area contributed by atoms with E-state index in [-0.39, 0.29) is 11.8 Å². The fourth-order valence-corrected chi connectivity index (χ4v) is 2.99. The Morgan fingerprint density at radius 2 is 1.76 bits per heavy atom. The first-order valence-electron chi connectivity index (χ1n) is 8.01. The summed E-state index contributed by atoms with van der Waals surface area (Å²) in [5.74, 6) is 0.199. The molecular weight excluding hydrogens is 342 g/mol. The Morgan fingerprint density at radius 1 is 1.08 bits per heavy atom. The Bertz CT molecular complexity index is 776. The van der Waals surface area contributed by atoms with Crippen molar-refractivity contribution in [1.29, 1.82) is 0 Å². The van der Waals surface area contributed by atoms with E-state index in [1.54, 1.807) is 31.3 Å². The molecule has 2 N–H and O–H groups in total. The van der Waals surface area contributed by atoms with Crippen LogP contribution in [0.15, 0.2) is 30.6 Å². The van der Waals surface area contributed by atoms with Gasteiger partial charge in [0.25, 0.3) is 11.8 Å². The molecule has 1 aromatic carbocycles. The summed E-state index contributed by atoms with van der Waals surface area (Å²) in [7, 11) is 1.75. The Labute approximate surface area is 150 Å². The van der Waals surface area contributed by atoms with Gasteiger partial charge in [0.15, 0.2) is 11.0 Å². The summed E-state index contributed by atoms with van der Waals surface area (Å²) in [6, 6.07) is 6.91. The lowest BCUT2D eigenvalue weighted by molar-refractivity contribution is 0.0652. The molecule has 3 rings (SSSR count). The Kier molecular flexibility index (Phi) is 5.14. The Morgan fingerprint density at radius 3 is 2.40 bits per heavy atom. The molecule has 1 aromatic heterocycles. The predicted molar refractivity (Wildman–Crippen MR) is 96.1 cm³/mol. The summed E-state index contributed by atoms with van der Waals surface area (Å²) in [5, 5.41) is 6.49. The molecule has 25 heavy (non-hydrogen) atoms. The monoisotopic (exact) mass is 359 g/mol. The summed E-state index contributed by atoms with van der Waals surface area (Å²) in [5.41, 5.74) is 1.62. The second-order valence-corrected chi connectivity index (χ2v) is 5.94. The van der Waals surface area contributed by atoms with E-state index in [4.69, 9.17) is 11.6 Å². The van der Waals surface area contributed by atoms with Crippen LogP contribution in [0.4, 0.5) is 11.5 Å². The van der Waals surface area contributed by atoms with Gasteiger partial charge in [-0.25, -0.2) is 9.97 Å². The summed E-state index contributed by atoms with van der Waals surface area (Å²) in [4.78, 5) is 33.9. The Balaban J connectivity index is 1.50. The molecule has 0 fully saturated rings. The van der Waals surface area contributed by atoms with E-state index in [9.17, 15) is 9.59 Å². The van der Waals surface area contributed by atoms with Crippen LogP contribution in [-0.4, -0.2) is 46.8 Å². The van der Waals surface area contributed by atoms with Gasteiger partial charge in [-0.15, -0.1) is 0 Å². The lowest BCUT2D eigenvalue weighted by Gasteiger charge is -2.14. The van der Waals surface area contributed by atoms with Crippen LogP contribution in [0, 0.1) is 0 Å². The van der Waals surface area contributed by atoms with Crippen molar-refractivity contribution in [3.05, 3.63) is 46.9 Å². The highest BCUT2D eigenvalue weighted by molar-refractivity contribution is 6.32. The summed E-state index contributed by atoms with van der Waals surface area (Å²) >= 11 is 6.00. The van der Waals surface area contributed by atoms with Crippen LogP contribution < -0.4 is 10.6 Å². The lowest BCUT2D eigenvalue weighted by Crippen LogP contribution is -2.30. The molecule has 2 aromatic rings. The van der Waals surface area contributed by atoms with Crippen molar-refractivity contribution in [3.63, 3.8) is 0 Å². The normalized spacial score (nSPS) is 13.1. The predicted octanol–water partition coefficient (Wildman–Crippen LogP) is 2.66. The van der Waals surface area contributed by atoms with E-state index >= 15 is 0 Å². The lowest BCUT2D eigenvalue weighted by atomic mass is 10.1. The van der Waals surface area contributed by atoms with Gasteiger partial charge < -0.3 is 10.6 Å². The fraction of sp³-hybridized carbons (Fsp3) is 0.294. The molecule has 0 unspecified atom stereocenters. The van der Waals surface area contributed by atoms with Gasteiger partial charge in [0.1, 0.15) is 12.0 Å². The maximum absolute atomic E-state index is 12.3. The standard InChI is InChI=1S/C17H18ClN5O2/c1-19-13-14(18)21-10-22-15(13)20-8-4-5-9-23-16(24)11-6-2-3-7-12(11)17(23)25/h2-3,6-7,10,19H,4-5,8-9H2,1H3,(H,20,21,22). The average molecular weight is 360 g/mol. The smallest absolute Gasteiger partial charge is 0.261 e. The van der Waals surface area contributed by atoms with Gasteiger partial charge in [-0.05, 0) is 25.0 Å². The SMILES string of the molecule is CNc1c(Cl)ncnc1NCCCCN1C(=O)c2ccccc2C1=O.